The summed E-state index contributed by atoms with van der Waals surface area (Å²) in [6.45, 7) is 5.95. The fourth-order valence-electron chi connectivity index (χ4n) is 3.16. The summed E-state index contributed by atoms with van der Waals surface area (Å²) in [6.07, 6.45) is 0. The van der Waals surface area contributed by atoms with E-state index in [9.17, 15) is 9.59 Å². The number of halogens is 1. The molecule has 3 rings (SSSR count). The maximum Gasteiger partial charge on any atom is 0.207 e. The topological polar surface area (TPSA) is 63.4 Å². The Balaban J connectivity index is 2.07. The van der Waals surface area contributed by atoms with Crippen LogP contribution in [0.1, 0.15) is 40.1 Å². The first-order valence-corrected chi connectivity index (χ1v) is 8.60. The molecule has 4 nitrogen and oxygen atoms in total. The van der Waals surface area contributed by atoms with Gasteiger partial charge in [-0.3, -0.25) is 9.59 Å². The summed E-state index contributed by atoms with van der Waals surface area (Å²) < 4.78 is 0. The molecule has 0 aromatic heterocycles. The summed E-state index contributed by atoms with van der Waals surface area (Å²) in [5.41, 5.74) is 8.56. The molecule has 0 aliphatic heterocycles. The van der Waals surface area contributed by atoms with Gasteiger partial charge in [-0.05, 0) is 37.6 Å². The number of anilines is 2. The van der Waals surface area contributed by atoms with Crippen LogP contribution in [0.4, 0.5) is 11.4 Å². The molecule has 0 saturated heterocycles. The molecule has 128 valence electrons. The minimum atomic E-state index is -0.405. The second kappa shape index (κ2) is 6.73. The highest BCUT2D eigenvalue weighted by Crippen LogP contribution is 2.36. The Morgan fingerprint density at radius 2 is 1.60 bits per heavy atom. The zero-order valence-corrected chi connectivity index (χ0v) is 14.9. The number of hydrogen-bond acceptors (Lipinski definition) is 4. The molecule has 25 heavy (non-hydrogen) atoms. The first kappa shape index (κ1) is 17.2. The lowest BCUT2D eigenvalue weighted by Gasteiger charge is -2.22. The van der Waals surface area contributed by atoms with Gasteiger partial charge >= 0.3 is 0 Å². The fraction of sp³-hybridized carbons (Fsp3) is 0.200. The van der Waals surface area contributed by atoms with Gasteiger partial charge in [-0.25, -0.2) is 0 Å². The van der Waals surface area contributed by atoms with Gasteiger partial charge in [-0.2, -0.15) is 0 Å². The quantitative estimate of drug-likeness (QED) is 0.838. The van der Waals surface area contributed by atoms with Crippen molar-refractivity contribution in [2.24, 2.45) is 0 Å². The van der Waals surface area contributed by atoms with Crippen molar-refractivity contribution in [1.82, 2.24) is 0 Å². The van der Waals surface area contributed by atoms with Crippen LogP contribution in [-0.2, 0) is 0 Å². The van der Waals surface area contributed by atoms with Crippen LogP contribution < -0.4 is 10.6 Å². The van der Waals surface area contributed by atoms with Crippen molar-refractivity contribution < 1.29 is 9.59 Å². The standard InChI is InChI=1S/C20H19ClN2O2/c1-3-23(4-2)13-10-8-12(9-11-13)16-18(21)20(25)17-14(19(16)24)6-5-7-15(17)22/h5-11H,3-4,22H2,1-2H3. The van der Waals surface area contributed by atoms with Gasteiger partial charge in [0.15, 0.2) is 5.78 Å². The van der Waals surface area contributed by atoms with Gasteiger partial charge in [0, 0.05) is 30.0 Å². The number of nitrogens with two attached hydrogens (primary N) is 1. The minimum Gasteiger partial charge on any atom is -0.398 e. The van der Waals surface area contributed by atoms with Gasteiger partial charge in [0.2, 0.25) is 5.78 Å². The number of Topliss-reactive ketones (excluding diaryl/α,β-unsaturated/α-hetero) is 2. The van der Waals surface area contributed by atoms with Gasteiger partial charge in [0.25, 0.3) is 0 Å². The zero-order valence-electron chi connectivity index (χ0n) is 14.2. The van der Waals surface area contributed by atoms with E-state index in [4.69, 9.17) is 17.3 Å². The molecule has 0 unspecified atom stereocenters. The van der Waals surface area contributed by atoms with Crippen LogP contribution in [-0.4, -0.2) is 24.7 Å². The zero-order chi connectivity index (χ0) is 18.1. The van der Waals surface area contributed by atoms with E-state index in [-0.39, 0.29) is 27.6 Å². The number of hydrogen-bond donors (Lipinski definition) is 1. The monoisotopic (exact) mass is 354 g/mol. The molecule has 0 spiro atoms. The minimum absolute atomic E-state index is 0.0778. The smallest absolute Gasteiger partial charge is 0.207 e. The Labute approximate surface area is 151 Å². The number of carbonyl (C=O) groups excluding carboxylic acids is 2. The van der Waals surface area contributed by atoms with Crippen molar-refractivity contribution in [2.45, 2.75) is 13.8 Å². The van der Waals surface area contributed by atoms with Crippen molar-refractivity contribution in [3.05, 3.63) is 64.2 Å². The predicted octanol–water partition coefficient (Wildman–Crippen LogP) is 4.14. The summed E-state index contributed by atoms with van der Waals surface area (Å²) in [5.74, 6) is -0.681. The second-order valence-corrected chi connectivity index (χ2v) is 6.21. The van der Waals surface area contributed by atoms with E-state index < -0.39 is 5.78 Å². The molecule has 2 aromatic rings. The molecule has 0 saturated carbocycles. The first-order valence-electron chi connectivity index (χ1n) is 8.22. The number of nitrogen functional groups attached to an aromatic ring is 1. The molecule has 1 aliphatic carbocycles. The molecule has 0 heterocycles. The largest absolute Gasteiger partial charge is 0.398 e. The molecule has 0 bridgehead atoms. The normalized spacial score (nSPS) is 13.9. The Hall–Kier alpha value is -2.59. The van der Waals surface area contributed by atoms with Crippen LogP contribution in [0.5, 0.6) is 0 Å². The average Bonchev–Trinajstić information content (AvgIpc) is 2.62. The third kappa shape index (κ3) is 2.83. The molecular weight excluding hydrogens is 336 g/mol. The molecule has 1 aliphatic rings. The lowest BCUT2D eigenvalue weighted by atomic mass is 9.85. The number of benzene rings is 2. The lowest BCUT2D eigenvalue weighted by molar-refractivity contribution is 0.0998. The molecule has 2 N–H and O–H groups in total. The summed E-state index contributed by atoms with van der Waals surface area (Å²) in [5, 5.41) is -0.0778. The van der Waals surface area contributed by atoms with Crippen molar-refractivity contribution in [3.8, 4) is 0 Å². The van der Waals surface area contributed by atoms with Crippen LogP contribution in [0.15, 0.2) is 47.5 Å². The van der Waals surface area contributed by atoms with Crippen LogP contribution in [0.2, 0.25) is 0 Å². The number of ketones is 2. The Morgan fingerprint density at radius 3 is 2.20 bits per heavy atom. The van der Waals surface area contributed by atoms with Crippen LogP contribution >= 0.6 is 11.6 Å². The highest BCUT2D eigenvalue weighted by molar-refractivity contribution is 6.57. The average molecular weight is 355 g/mol. The van der Waals surface area contributed by atoms with Crippen LogP contribution in [0.25, 0.3) is 5.57 Å². The van der Waals surface area contributed by atoms with Crippen molar-refractivity contribution in [2.75, 3.05) is 23.7 Å². The SMILES string of the molecule is CCN(CC)c1ccc(C2=C(Cl)C(=O)c3c(N)cccc3C2=O)cc1. The first-order chi connectivity index (χ1) is 12.0. The number of fused-ring (bicyclic) bond motifs is 1. The predicted molar refractivity (Wildman–Crippen MR) is 102 cm³/mol. The van der Waals surface area contributed by atoms with Gasteiger partial charge in [-0.1, -0.05) is 35.9 Å². The molecule has 0 fully saturated rings. The number of carbonyl (C=O) groups is 2. The van der Waals surface area contributed by atoms with Gasteiger partial charge in [-0.15, -0.1) is 0 Å². The molecular formula is C20H19ClN2O2. The molecule has 0 radical (unpaired) electrons. The van der Waals surface area contributed by atoms with E-state index in [1.54, 1.807) is 18.2 Å². The summed E-state index contributed by atoms with van der Waals surface area (Å²) >= 11 is 6.26. The van der Waals surface area contributed by atoms with Crippen molar-refractivity contribution in [3.63, 3.8) is 0 Å². The fourth-order valence-corrected chi connectivity index (χ4v) is 3.45. The summed E-state index contributed by atoms with van der Waals surface area (Å²) in [6, 6.07) is 12.4. The maximum absolute atomic E-state index is 12.9. The lowest BCUT2D eigenvalue weighted by Crippen LogP contribution is -2.22. The van der Waals surface area contributed by atoms with E-state index >= 15 is 0 Å². The Kier molecular flexibility index (Phi) is 4.64. The number of allylic oxidation sites excluding steroid dienone is 2. The van der Waals surface area contributed by atoms with Crippen molar-refractivity contribution >= 4 is 40.1 Å². The third-order valence-corrected chi connectivity index (χ3v) is 4.86. The molecule has 0 amide bonds. The number of rotatable bonds is 4. The highest BCUT2D eigenvalue weighted by Gasteiger charge is 2.33. The van der Waals surface area contributed by atoms with Crippen LogP contribution in [0.3, 0.4) is 0 Å². The maximum atomic E-state index is 12.9. The van der Waals surface area contributed by atoms with Gasteiger partial charge in [0.05, 0.1) is 11.1 Å². The molecule has 5 heteroatoms. The van der Waals surface area contributed by atoms with Gasteiger partial charge in [0.1, 0.15) is 5.03 Å². The van der Waals surface area contributed by atoms with Crippen molar-refractivity contribution in [1.29, 1.82) is 0 Å². The Bertz CT molecular complexity index is 881. The van der Waals surface area contributed by atoms with E-state index in [1.807, 2.05) is 24.3 Å². The molecule has 2 aromatic carbocycles. The molecule has 0 atom stereocenters. The second-order valence-electron chi connectivity index (χ2n) is 5.84. The Morgan fingerprint density at radius 1 is 0.960 bits per heavy atom. The van der Waals surface area contributed by atoms with E-state index in [1.165, 1.54) is 0 Å². The summed E-state index contributed by atoms with van der Waals surface area (Å²) in [4.78, 5) is 27.7. The third-order valence-electron chi connectivity index (χ3n) is 4.50. The van der Waals surface area contributed by atoms with E-state index in [2.05, 4.69) is 18.7 Å². The number of nitrogens with zero attached hydrogens (tertiary/aromatic N) is 1. The summed E-state index contributed by atoms with van der Waals surface area (Å²) in [7, 11) is 0. The highest BCUT2D eigenvalue weighted by atomic mass is 35.5. The van der Waals surface area contributed by atoms with E-state index in [0.717, 1.165) is 18.8 Å². The van der Waals surface area contributed by atoms with Crippen LogP contribution in [0, 0.1) is 0 Å². The van der Waals surface area contributed by atoms with E-state index in [0.29, 0.717) is 11.1 Å². The van der Waals surface area contributed by atoms with Gasteiger partial charge < -0.3 is 10.6 Å².